The second kappa shape index (κ2) is 5.83. The minimum absolute atomic E-state index is 0.0452. The third-order valence-electron chi connectivity index (χ3n) is 2.51. The van der Waals surface area contributed by atoms with E-state index in [2.05, 4.69) is 26.0 Å². The van der Waals surface area contributed by atoms with Gasteiger partial charge in [0.05, 0.1) is 12.7 Å². The van der Waals surface area contributed by atoms with Gasteiger partial charge in [0, 0.05) is 0 Å². The number of nitrogens with one attached hydrogen (secondary N) is 3. The molecule has 20 heavy (non-hydrogen) atoms. The molecular formula is C12H13N5O3. The molecule has 8 heteroatoms. The van der Waals surface area contributed by atoms with Crippen LogP contribution in [0.5, 0.6) is 5.75 Å². The summed E-state index contributed by atoms with van der Waals surface area (Å²) in [7, 11) is 1.47. The van der Waals surface area contributed by atoms with Crippen molar-refractivity contribution in [3.8, 4) is 5.75 Å². The number of benzene rings is 1. The summed E-state index contributed by atoms with van der Waals surface area (Å²) >= 11 is 0. The van der Waals surface area contributed by atoms with E-state index in [4.69, 9.17) is 4.74 Å². The van der Waals surface area contributed by atoms with Crippen molar-refractivity contribution < 1.29 is 9.53 Å². The van der Waals surface area contributed by atoms with Crippen LogP contribution < -0.4 is 21.1 Å². The molecule has 2 rings (SSSR count). The van der Waals surface area contributed by atoms with Crippen LogP contribution in [0.1, 0.15) is 16.1 Å². The smallest absolute Gasteiger partial charge is 0.274 e. The van der Waals surface area contributed by atoms with E-state index in [1.807, 2.05) is 0 Å². The van der Waals surface area contributed by atoms with Crippen LogP contribution in [0.2, 0.25) is 0 Å². The van der Waals surface area contributed by atoms with Gasteiger partial charge in [0.15, 0.2) is 0 Å². The number of hydrazine groups is 1. The quantitative estimate of drug-likeness (QED) is 0.690. The number of aromatic nitrogens is 3. The van der Waals surface area contributed by atoms with Gasteiger partial charge in [-0.2, -0.15) is 0 Å². The highest BCUT2D eigenvalue weighted by Crippen LogP contribution is 2.16. The Morgan fingerprint density at radius 1 is 1.30 bits per heavy atom. The van der Waals surface area contributed by atoms with E-state index < -0.39 is 5.91 Å². The molecule has 8 nitrogen and oxygen atoms in total. The van der Waals surface area contributed by atoms with Crippen molar-refractivity contribution >= 4 is 11.9 Å². The lowest BCUT2D eigenvalue weighted by molar-refractivity contribution is 0.0959. The third kappa shape index (κ3) is 2.91. The first kappa shape index (κ1) is 13.5. The maximum absolute atomic E-state index is 12.0. The molecule has 1 aromatic heterocycles. The monoisotopic (exact) mass is 275 g/mol. The maximum Gasteiger partial charge on any atom is 0.274 e. The molecule has 0 spiro atoms. The van der Waals surface area contributed by atoms with E-state index in [1.54, 1.807) is 24.3 Å². The van der Waals surface area contributed by atoms with Crippen LogP contribution in [-0.2, 0) is 0 Å². The third-order valence-corrected chi connectivity index (χ3v) is 2.51. The van der Waals surface area contributed by atoms with Gasteiger partial charge in [-0.25, -0.2) is 0 Å². The van der Waals surface area contributed by atoms with Crippen molar-refractivity contribution in [2.75, 3.05) is 12.5 Å². The van der Waals surface area contributed by atoms with Crippen molar-refractivity contribution in [3.05, 3.63) is 45.9 Å². The molecule has 0 aliphatic heterocycles. The topological polar surface area (TPSA) is 109 Å². The molecule has 0 atom stereocenters. The zero-order valence-corrected chi connectivity index (χ0v) is 10.9. The van der Waals surface area contributed by atoms with Gasteiger partial charge in [0.2, 0.25) is 5.95 Å². The largest absolute Gasteiger partial charge is 0.496 e. The number of nitrogens with zero attached hydrogens (tertiary/aromatic N) is 2. The highest BCUT2D eigenvalue weighted by Gasteiger charge is 2.11. The molecule has 0 saturated heterocycles. The maximum atomic E-state index is 12.0. The minimum atomic E-state index is -0.425. The van der Waals surface area contributed by atoms with Crippen LogP contribution in [0, 0.1) is 6.92 Å². The number of ether oxygens (including phenoxy) is 1. The number of rotatable bonds is 4. The van der Waals surface area contributed by atoms with Crippen LogP contribution in [0.25, 0.3) is 0 Å². The van der Waals surface area contributed by atoms with E-state index in [-0.39, 0.29) is 17.2 Å². The number of aromatic amines is 1. The predicted octanol–water partition coefficient (Wildman–Crippen LogP) is 0.239. The number of carbonyl (C=O) groups is 1. The second-order valence-electron chi connectivity index (χ2n) is 3.87. The van der Waals surface area contributed by atoms with Crippen molar-refractivity contribution in [2.24, 2.45) is 0 Å². The van der Waals surface area contributed by atoms with Gasteiger partial charge in [-0.15, -0.1) is 10.2 Å². The predicted molar refractivity (Wildman–Crippen MR) is 71.5 cm³/mol. The molecule has 0 aliphatic rings. The Balaban J connectivity index is 2.08. The summed E-state index contributed by atoms with van der Waals surface area (Å²) in [6.07, 6.45) is 0. The Kier molecular flexibility index (Phi) is 3.94. The lowest BCUT2D eigenvalue weighted by Gasteiger charge is -2.09. The molecule has 3 N–H and O–H groups in total. The summed E-state index contributed by atoms with van der Waals surface area (Å²) in [6.45, 7) is 1.53. The Morgan fingerprint density at radius 3 is 2.75 bits per heavy atom. The number of amides is 1. The standard InChI is InChI=1S/C12H13N5O3/c1-7-10(18)13-12(16-14-7)17-15-11(19)8-5-3-4-6-9(8)20-2/h3-6H,1-2H3,(H,15,19)(H2,13,16,17,18). The average Bonchev–Trinajstić information content (AvgIpc) is 2.48. The van der Waals surface area contributed by atoms with Gasteiger partial charge in [0.1, 0.15) is 11.4 Å². The van der Waals surface area contributed by atoms with E-state index in [0.717, 1.165) is 0 Å². The summed E-state index contributed by atoms with van der Waals surface area (Å²) in [6, 6.07) is 6.75. The van der Waals surface area contributed by atoms with Crippen molar-refractivity contribution in [3.63, 3.8) is 0 Å². The molecule has 1 aromatic carbocycles. The summed E-state index contributed by atoms with van der Waals surface area (Å²) in [5, 5.41) is 7.32. The second-order valence-corrected chi connectivity index (χ2v) is 3.87. The number of methoxy groups -OCH3 is 1. The first-order chi connectivity index (χ1) is 9.61. The van der Waals surface area contributed by atoms with E-state index in [9.17, 15) is 9.59 Å². The number of carbonyl (C=O) groups excluding carboxylic acids is 1. The Hall–Kier alpha value is -2.90. The molecule has 0 fully saturated rings. The zero-order valence-electron chi connectivity index (χ0n) is 10.9. The molecule has 1 amide bonds. The zero-order chi connectivity index (χ0) is 14.5. The molecule has 0 aliphatic carbocycles. The van der Waals surface area contributed by atoms with Crippen LogP contribution in [-0.4, -0.2) is 28.2 Å². The molecule has 0 unspecified atom stereocenters. The first-order valence-corrected chi connectivity index (χ1v) is 5.75. The number of hydrogen-bond acceptors (Lipinski definition) is 6. The van der Waals surface area contributed by atoms with Gasteiger partial charge in [0.25, 0.3) is 11.5 Å². The first-order valence-electron chi connectivity index (χ1n) is 5.75. The molecule has 0 saturated carbocycles. The molecule has 0 bridgehead atoms. The number of aryl methyl sites for hydroxylation is 1. The highest BCUT2D eigenvalue weighted by molar-refractivity contribution is 5.97. The average molecular weight is 275 g/mol. The number of anilines is 1. The summed E-state index contributed by atoms with van der Waals surface area (Å²) < 4.78 is 5.08. The fraction of sp³-hybridized carbons (Fsp3) is 0.167. The molecule has 2 aromatic rings. The molecule has 1 heterocycles. The van der Waals surface area contributed by atoms with Crippen LogP contribution in [0.15, 0.2) is 29.1 Å². The van der Waals surface area contributed by atoms with E-state index >= 15 is 0 Å². The normalized spacial score (nSPS) is 9.90. The number of para-hydroxylation sites is 1. The lowest BCUT2D eigenvalue weighted by atomic mass is 10.2. The summed E-state index contributed by atoms with van der Waals surface area (Å²) in [5.41, 5.74) is 5.09. The molecule has 104 valence electrons. The molecular weight excluding hydrogens is 262 g/mol. The number of H-pyrrole nitrogens is 1. The molecule has 0 radical (unpaired) electrons. The Labute approximate surface area is 114 Å². The SMILES string of the molecule is COc1ccccc1C(=O)NNc1nnc(C)c(=O)[nH]1. The van der Waals surface area contributed by atoms with Crippen LogP contribution >= 0.6 is 0 Å². The van der Waals surface area contributed by atoms with Gasteiger partial charge in [-0.05, 0) is 19.1 Å². The van der Waals surface area contributed by atoms with Crippen LogP contribution in [0.4, 0.5) is 5.95 Å². The summed E-state index contributed by atoms with van der Waals surface area (Å²) in [5.74, 6) is 0.0600. The van der Waals surface area contributed by atoms with E-state index in [1.165, 1.54) is 14.0 Å². The fourth-order valence-corrected chi connectivity index (χ4v) is 1.47. The van der Waals surface area contributed by atoms with Gasteiger partial charge in [-0.1, -0.05) is 12.1 Å². The lowest BCUT2D eigenvalue weighted by Crippen LogP contribution is -2.32. The van der Waals surface area contributed by atoms with Crippen LogP contribution in [0.3, 0.4) is 0 Å². The van der Waals surface area contributed by atoms with Gasteiger partial charge >= 0.3 is 0 Å². The highest BCUT2D eigenvalue weighted by atomic mass is 16.5. The Bertz CT molecular complexity index is 683. The number of hydrogen-bond donors (Lipinski definition) is 3. The van der Waals surface area contributed by atoms with Gasteiger partial charge in [-0.3, -0.25) is 25.4 Å². The van der Waals surface area contributed by atoms with Gasteiger partial charge < -0.3 is 4.74 Å². The fourth-order valence-electron chi connectivity index (χ4n) is 1.47. The minimum Gasteiger partial charge on any atom is -0.496 e. The Morgan fingerprint density at radius 2 is 2.05 bits per heavy atom. The van der Waals surface area contributed by atoms with Crippen molar-refractivity contribution in [2.45, 2.75) is 6.92 Å². The van der Waals surface area contributed by atoms with Crippen molar-refractivity contribution in [1.82, 2.24) is 20.6 Å². The summed E-state index contributed by atoms with van der Waals surface area (Å²) in [4.78, 5) is 25.7. The van der Waals surface area contributed by atoms with Crippen molar-refractivity contribution in [1.29, 1.82) is 0 Å². The van der Waals surface area contributed by atoms with E-state index in [0.29, 0.717) is 11.3 Å².